The SMILES string of the molecule is CCOC(=O)CP(=O)(CCCCN1C(=O)c2ccccc2C1=O)OCC. The van der Waals surface area contributed by atoms with Gasteiger partial charge in [-0.05, 0) is 38.8 Å². The summed E-state index contributed by atoms with van der Waals surface area (Å²) in [4.78, 5) is 37.4. The Kier molecular flexibility index (Phi) is 7.12. The Morgan fingerprint density at radius 3 is 2.19 bits per heavy atom. The maximum absolute atomic E-state index is 12.7. The van der Waals surface area contributed by atoms with E-state index >= 15 is 0 Å². The van der Waals surface area contributed by atoms with Crippen LogP contribution in [0.5, 0.6) is 0 Å². The quantitative estimate of drug-likeness (QED) is 0.268. The van der Waals surface area contributed by atoms with Crippen molar-refractivity contribution in [1.82, 2.24) is 4.90 Å². The van der Waals surface area contributed by atoms with Gasteiger partial charge in [-0.2, -0.15) is 0 Å². The first kappa shape index (κ1) is 20.3. The number of nitrogens with zero attached hydrogens (tertiary/aromatic N) is 1. The minimum Gasteiger partial charge on any atom is -0.466 e. The van der Waals surface area contributed by atoms with Crippen LogP contribution in [0.25, 0.3) is 0 Å². The van der Waals surface area contributed by atoms with E-state index in [0.717, 1.165) is 0 Å². The summed E-state index contributed by atoms with van der Waals surface area (Å²) < 4.78 is 22.9. The zero-order valence-electron chi connectivity index (χ0n) is 15.1. The third-order valence-electron chi connectivity index (χ3n) is 4.05. The molecule has 1 unspecified atom stereocenters. The van der Waals surface area contributed by atoms with E-state index in [1.165, 1.54) is 4.90 Å². The molecule has 0 fully saturated rings. The van der Waals surface area contributed by atoms with Crippen LogP contribution in [0.15, 0.2) is 24.3 Å². The van der Waals surface area contributed by atoms with Gasteiger partial charge in [-0.25, -0.2) is 0 Å². The number of hydrogen-bond donors (Lipinski definition) is 0. The fourth-order valence-corrected chi connectivity index (χ4v) is 4.93. The predicted octanol–water partition coefficient (Wildman–Crippen LogP) is 2.94. The van der Waals surface area contributed by atoms with Crippen molar-refractivity contribution in [2.45, 2.75) is 26.7 Å². The molecule has 1 aliphatic rings. The number of ether oxygens (including phenoxy) is 1. The van der Waals surface area contributed by atoms with Crippen LogP contribution in [-0.2, 0) is 18.6 Å². The molecule has 0 radical (unpaired) electrons. The predicted molar refractivity (Wildman–Crippen MR) is 96.6 cm³/mol. The van der Waals surface area contributed by atoms with E-state index in [-0.39, 0.29) is 43.9 Å². The average Bonchev–Trinajstić information content (AvgIpc) is 2.84. The molecule has 142 valence electrons. The average molecular weight is 381 g/mol. The van der Waals surface area contributed by atoms with Crippen LogP contribution in [0, 0.1) is 0 Å². The third kappa shape index (κ3) is 4.80. The topological polar surface area (TPSA) is 90.0 Å². The van der Waals surface area contributed by atoms with Crippen LogP contribution >= 0.6 is 7.37 Å². The molecule has 0 spiro atoms. The summed E-state index contributed by atoms with van der Waals surface area (Å²) in [5.74, 6) is -1.14. The number of benzene rings is 1. The Morgan fingerprint density at radius 1 is 1.04 bits per heavy atom. The second-order valence-corrected chi connectivity index (χ2v) is 8.58. The minimum absolute atomic E-state index is 0.211. The van der Waals surface area contributed by atoms with E-state index in [4.69, 9.17) is 9.26 Å². The van der Waals surface area contributed by atoms with E-state index in [9.17, 15) is 18.9 Å². The van der Waals surface area contributed by atoms with Crippen molar-refractivity contribution < 1.29 is 28.2 Å². The molecule has 2 rings (SSSR count). The van der Waals surface area contributed by atoms with Crippen molar-refractivity contribution in [3.8, 4) is 0 Å². The monoisotopic (exact) mass is 381 g/mol. The molecule has 0 aromatic heterocycles. The van der Waals surface area contributed by atoms with Crippen LogP contribution in [-0.4, -0.2) is 54.8 Å². The molecular formula is C18H24NO6P. The highest BCUT2D eigenvalue weighted by Crippen LogP contribution is 2.47. The lowest BCUT2D eigenvalue weighted by Gasteiger charge is -2.18. The Labute approximate surface area is 153 Å². The number of carbonyl (C=O) groups excluding carboxylic acids is 3. The Balaban J connectivity index is 1.87. The van der Waals surface area contributed by atoms with Crippen molar-refractivity contribution in [2.75, 3.05) is 32.1 Å². The van der Waals surface area contributed by atoms with Gasteiger partial charge in [0.2, 0.25) is 7.37 Å². The summed E-state index contributed by atoms with van der Waals surface area (Å²) in [6.45, 7) is 4.12. The van der Waals surface area contributed by atoms with Crippen LogP contribution in [0.4, 0.5) is 0 Å². The standard InChI is InChI=1S/C18H24NO6P/c1-3-24-16(20)13-26(23,25-4-2)12-8-7-11-19-17(21)14-9-5-6-10-15(14)18(19)22/h5-6,9-10H,3-4,7-8,11-13H2,1-2H3. The molecule has 0 saturated heterocycles. The van der Waals surface area contributed by atoms with Gasteiger partial charge in [0.25, 0.3) is 11.8 Å². The Hall–Kier alpha value is -1.98. The maximum Gasteiger partial charge on any atom is 0.315 e. The molecule has 0 N–H and O–H groups in total. The highest BCUT2D eigenvalue weighted by Gasteiger charge is 2.34. The molecule has 2 amide bonds. The van der Waals surface area contributed by atoms with Gasteiger partial charge in [-0.15, -0.1) is 0 Å². The van der Waals surface area contributed by atoms with Crippen molar-refractivity contribution in [2.24, 2.45) is 0 Å². The van der Waals surface area contributed by atoms with Crippen LogP contribution in [0.2, 0.25) is 0 Å². The first-order chi connectivity index (χ1) is 12.4. The number of fused-ring (bicyclic) bond motifs is 1. The fourth-order valence-electron chi connectivity index (χ4n) is 2.89. The van der Waals surface area contributed by atoms with E-state index in [0.29, 0.717) is 24.0 Å². The molecular weight excluding hydrogens is 357 g/mol. The van der Waals surface area contributed by atoms with Gasteiger partial charge in [0.05, 0.1) is 24.3 Å². The smallest absolute Gasteiger partial charge is 0.315 e. The number of rotatable bonds is 10. The molecule has 0 aliphatic carbocycles. The first-order valence-electron chi connectivity index (χ1n) is 8.75. The molecule has 1 aromatic carbocycles. The van der Waals surface area contributed by atoms with Gasteiger partial charge in [0, 0.05) is 12.7 Å². The molecule has 1 aromatic rings. The third-order valence-corrected chi connectivity index (χ3v) is 6.51. The van der Waals surface area contributed by atoms with Crippen molar-refractivity contribution in [3.63, 3.8) is 0 Å². The summed E-state index contributed by atoms with van der Waals surface area (Å²) in [6, 6.07) is 6.72. The van der Waals surface area contributed by atoms with Crippen LogP contribution in [0.3, 0.4) is 0 Å². The summed E-state index contributed by atoms with van der Waals surface area (Å²) in [5.41, 5.74) is 0.833. The van der Waals surface area contributed by atoms with E-state index in [2.05, 4.69) is 0 Å². The largest absolute Gasteiger partial charge is 0.466 e. The number of imide groups is 1. The molecule has 1 aliphatic heterocycles. The lowest BCUT2D eigenvalue weighted by Crippen LogP contribution is -2.30. The highest BCUT2D eigenvalue weighted by molar-refractivity contribution is 7.59. The molecule has 1 heterocycles. The lowest BCUT2D eigenvalue weighted by molar-refractivity contribution is -0.140. The molecule has 0 saturated carbocycles. The first-order valence-corrected chi connectivity index (χ1v) is 10.7. The van der Waals surface area contributed by atoms with E-state index < -0.39 is 13.3 Å². The summed E-state index contributed by atoms with van der Waals surface area (Å²) in [7, 11) is -3.12. The van der Waals surface area contributed by atoms with Crippen molar-refractivity contribution in [3.05, 3.63) is 35.4 Å². The van der Waals surface area contributed by atoms with Crippen LogP contribution < -0.4 is 0 Å². The van der Waals surface area contributed by atoms with Crippen molar-refractivity contribution >= 4 is 25.2 Å². The summed E-state index contributed by atoms with van der Waals surface area (Å²) in [5, 5.41) is 0. The lowest BCUT2D eigenvalue weighted by atomic mass is 10.1. The number of carbonyl (C=O) groups is 3. The Morgan fingerprint density at radius 2 is 1.65 bits per heavy atom. The van der Waals surface area contributed by atoms with Gasteiger partial charge < -0.3 is 9.26 Å². The number of amides is 2. The molecule has 1 atom stereocenters. The minimum atomic E-state index is -3.12. The summed E-state index contributed by atoms with van der Waals surface area (Å²) >= 11 is 0. The number of hydrogen-bond acceptors (Lipinski definition) is 6. The zero-order chi connectivity index (χ0) is 19.2. The zero-order valence-corrected chi connectivity index (χ0v) is 16.0. The molecule has 0 bridgehead atoms. The van der Waals surface area contributed by atoms with Gasteiger partial charge in [0.1, 0.15) is 6.16 Å². The number of esters is 1. The number of unbranched alkanes of at least 4 members (excludes halogenated alkanes) is 1. The highest BCUT2D eigenvalue weighted by atomic mass is 31.2. The fraction of sp³-hybridized carbons (Fsp3) is 0.500. The van der Waals surface area contributed by atoms with Crippen LogP contribution in [0.1, 0.15) is 47.4 Å². The Bertz CT molecular complexity index is 697. The second-order valence-electron chi connectivity index (χ2n) is 5.93. The van der Waals surface area contributed by atoms with E-state index in [1.54, 1.807) is 38.1 Å². The van der Waals surface area contributed by atoms with E-state index in [1.807, 2.05) is 0 Å². The molecule has 7 nitrogen and oxygen atoms in total. The van der Waals surface area contributed by atoms with Gasteiger partial charge in [-0.1, -0.05) is 12.1 Å². The van der Waals surface area contributed by atoms with Crippen molar-refractivity contribution in [1.29, 1.82) is 0 Å². The second kappa shape index (κ2) is 9.10. The van der Waals surface area contributed by atoms with Gasteiger partial charge >= 0.3 is 5.97 Å². The summed E-state index contributed by atoms with van der Waals surface area (Å²) in [6.07, 6.45) is 0.931. The maximum atomic E-state index is 12.7. The normalized spacial score (nSPS) is 15.7. The van der Waals surface area contributed by atoms with Gasteiger partial charge in [0.15, 0.2) is 0 Å². The van der Waals surface area contributed by atoms with Gasteiger partial charge in [-0.3, -0.25) is 23.8 Å². The molecule has 8 heteroatoms. The molecule has 26 heavy (non-hydrogen) atoms.